The monoisotopic (exact) mass is 321 g/mol. The first-order valence-corrected chi connectivity index (χ1v) is 9.26. The van der Waals surface area contributed by atoms with E-state index in [0.29, 0.717) is 10.6 Å². The van der Waals surface area contributed by atoms with E-state index in [2.05, 4.69) is 4.72 Å². The van der Waals surface area contributed by atoms with Crippen molar-refractivity contribution in [2.24, 2.45) is 0 Å². The maximum absolute atomic E-state index is 12.0. The minimum Gasteiger partial charge on any atom is -0.280 e. The highest BCUT2D eigenvalue weighted by molar-refractivity contribution is 7.95. The summed E-state index contributed by atoms with van der Waals surface area (Å²) in [6.45, 7) is 0. The lowest BCUT2D eigenvalue weighted by Crippen LogP contribution is -2.09. The van der Waals surface area contributed by atoms with Crippen molar-refractivity contribution in [3.8, 4) is 0 Å². The molecule has 0 saturated heterocycles. The molecule has 0 heterocycles. The Hall–Kier alpha value is -1.92. The van der Waals surface area contributed by atoms with Crippen LogP contribution in [0.1, 0.15) is 5.56 Å². The minimum absolute atomic E-state index is 0.389. The van der Waals surface area contributed by atoms with E-state index in [1.54, 1.807) is 30.5 Å². The summed E-state index contributed by atoms with van der Waals surface area (Å²) < 4.78 is 37.8. The van der Waals surface area contributed by atoms with Crippen LogP contribution < -0.4 is 4.72 Å². The van der Waals surface area contributed by atoms with Crippen LogP contribution in [0, 0.1) is 0 Å². The second-order valence-electron chi connectivity index (χ2n) is 4.34. The van der Waals surface area contributed by atoms with Crippen LogP contribution in [-0.2, 0) is 20.8 Å². The van der Waals surface area contributed by atoms with Crippen LogP contribution in [0.15, 0.2) is 64.9 Å². The maximum atomic E-state index is 12.0. The fourth-order valence-electron chi connectivity index (χ4n) is 1.67. The summed E-state index contributed by atoms with van der Waals surface area (Å²) in [6, 6.07) is 15.7. The van der Waals surface area contributed by atoms with Crippen molar-refractivity contribution in [2.45, 2.75) is 4.90 Å². The van der Waals surface area contributed by atoms with Gasteiger partial charge in [-0.2, -0.15) is 0 Å². The Bertz CT molecular complexity index is 769. The number of hydrogen-bond acceptors (Lipinski definition) is 3. The molecule has 0 aliphatic heterocycles. The molecule has 21 heavy (non-hydrogen) atoms. The van der Waals surface area contributed by atoms with Crippen LogP contribution in [0.2, 0.25) is 0 Å². The summed E-state index contributed by atoms with van der Waals surface area (Å²) in [5.41, 5.74) is 1.19. The van der Waals surface area contributed by atoms with Gasteiger partial charge in [-0.1, -0.05) is 36.4 Å². The Morgan fingerprint density at radius 2 is 1.76 bits per heavy atom. The molecule has 0 bridgehead atoms. The molecule has 0 aliphatic carbocycles. The van der Waals surface area contributed by atoms with Crippen molar-refractivity contribution < 1.29 is 12.6 Å². The first-order chi connectivity index (χ1) is 9.96. The molecule has 0 aromatic heterocycles. The predicted molar refractivity (Wildman–Crippen MR) is 86.8 cm³/mol. The summed E-state index contributed by atoms with van der Waals surface area (Å²) >= 11 is 0. The van der Waals surface area contributed by atoms with E-state index < -0.39 is 20.8 Å². The summed E-state index contributed by atoms with van der Waals surface area (Å²) in [5.74, 6) is 0. The van der Waals surface area contributed by atoms with E-state index in [9.17, 15) is 12.6 Å². The molecule has 110 valence electrons. The fourth-order valence-corrected chi connectivity index (χ4v) is 3.09. The number of nitrogens with one attached hydrogen (secondary N) is 1. The number of benzene rings is 2. The third-order valence-electron chi connectivity index (χ3n) is 2.67. The summed E-state index contributed by atoms with van der Waals surface area (Å²) in [4.78, 5) is 0.572. The molecule has 0 fully saturated rings. The third kappa shape index (κ3) is 4.84. The zero-order valence-corrected chi connectivity index (χ0v) is 13.0. The Kier molecular flexibility index (Phi) is 4.93. The van der Waals surface area contributed by atoms with Gasteiger partial charge in [0.05, 0.1) is 5.41 Å². The Balaban J connectivity index is 2.16. The van der Waals surface area contributed by atoms with Gasteiger partial charge in [0.1, 0.15) is 0 Å². The molecule has 6 heteroatoms. The van der Waals surface area contributed by atoms with Crippen molar-refractivity contribution in [1.29, 1.82) is 0 Å². The Morgan fingerprint density at radius 1 is 1.05 bits per heavy atom. The van der Waals surface area contributed by atoms with Gasteiger partial charge in [-0.25, -0.2) is 8.42 Å². The van der Waals surface area contributed by atoms with Crippen LogP contribution in [0.3, 0.4) is 0 Å². The van der Waals surface area contributed by atoms with E-state index in [4.69, 9.17) is 0 Å². The first kappa shape index (κ1) is 15.5. The second-order valence-corrected chi connectivity index (χ2v) is 7.29. The average Bonchev–Trinajstić information content (AvgIpc) is 2.46. The van der Waals surface area contributed by atoms with E-state index in [1.165, 1.54) is 6.08 Å². The van der Waals surface area contributed by atoms with Crippen molar-refractivity contribution in [3.63, 3.8) is 0 Å². The number of rotatable bonds is 5. The molecule has 4 nitrogen and oxygen atoms in total. The predicted octanol–water partition coefficient (Wildman–Crippen LogP) is 2.84. The minimum atomic E-state index is -3.60. The normalized spacial score (nSPS) is 13.2. The van der Waals surface area contributed by atoms with E-state index in [-0.39, 0.29) is 0 Å². The fraction of sp³-hybridized carbons (Fsp3) is 0.0667. The van der Waals surface area contributed by atoms with Gasteiger partial charge in [-0.15, -0.1) is 0 Å². The molecule has 2 aromatic rings. The third-order valence-corrected chi connectivity index (χ3v) is 4.60. The van der Waals surface area contributed by atoms with Crippen LogP contribution in [0.25, 0.3) is 6.08 Å². The van der Waals surface area contributed by atoms with E-state index >= 15 is 0 Å². The molecular weight excluding hydrogens is 306 g/mol. The quantitative estimate of drug-likeness (QED) is 0.921. The molecule has 1 N–H and O–H groups in total. The number of anilines is 1. The van der Waals surface area contributed by atoms with Gasteiger partial charge in [0.15, 0.2) is 0 Å². The van der Waals surface area contributed by atoms with Gasteiger partial charge < -0.3 is 0 Å². The molecular formula is C15H15NO3S2. The Morgan fingerprint density at radius 3 is 2.43 bits per heavy atom. The first-order valence-electron chi connectivity index (χ1n) is 6.16. The lowest BCUT2D eigenvalue weighted by molar-refractivity contribution is 0.609. The molecule has 0 spiro atoms. The van der Waals surface area contributed by atoms with Crippen LogP contribution in [-0.4, -0.2) is 18.9 Å². The van der Waals surface area contributed by atoms with Gasteiger partial charge in [0.25, 0.3) is 10.0 Å². The Labute approximate surface area is 127 Å². The molecule has 0 amide bonds. The van der Waals surface area contributed by atoms with Gasteiger partial charge in [-0.3, -0.25) is 8.93 Å². The SMILES string of the molecule is CS(=O)c1cccc(NS(=O)(=O)C=Cc2ccccc2)c1. The number of hydrogen-bond donors (Lipinski definition) is 1. The second kappa shape index (κ2) is 6.69. The molecule has 2 aromatic carbocycles. The molecule has 2 rings (SSSR count). The summed E-state index contributed by atoms with van der Waals surface area (Å²) in [6.07, 6.45) is 3.06. The zero-order valence-electron chi connectivity index (χ0n) is 11.4. The lowest BCUT2D eigenvalue weighted by atomic mass is 10.2. The molecule has 1 unspecified atom stereocenters. The highest BCUT2D eigenvalue weighted by Gasteiger charge is 2.07. The van der Waals surface area contributed by atoms with Gasteiger partial charge in [0, 0.05) is 27.6 Å². The molecule has 0 aliphatic rings. The van der Waals surface area contributed by atoms with Crippen molar-refractivity contribution in [2.75, 3.05) is 11.0 Å². The smallest absolute Gasteiger partial charge is 0.255 e. The van der Waals surface area contributed by atoms with E-state index in [0.717, 1.165) is 11.0 Å². The molecule has 0 saturated carbocycles. The van der Waals surface area contributed by atoms with Gasteiger partial charge in [-0.05, 0) is 29.8 Å². The van der Waals surface area contributed by atoms with Crippen LogP contribution in [0.4, 0.5) is 5.69 Å². The average molecular weight is 321 g/mol. The van der Waals surface area contributed by atoms with Gasteiger partial charge >= 0.3 is 0 Å². The molecule has 0 radical (unpaired) electrons. The summed E-state index contributed by atoms with van der Waals surface area (Å²) in [5, 5.41) is 1.11. The van der Waals surface area contributed by atoms with Crippen molar-refractivity contribution in [3.05, 3.63) is 65.6 Å². The van der Waals surface area contributed by atoms with Crippen molar-refractivity contribution >= 4 is 32.6 Å². The van der Waals surface area contributed by atoms with Crippen LogP contribution >= 0.6 is 0 Å². The molecule has 1 atom stereocenters. The van der Waals surface area contributed by atoms with Crippen molar-refractivity contribution in [1.82, 2.24) is 0 Å². The van der Waals surface area contributed by atoms with Crippen LogP contribution in [0.5, 0.6) is 0 Å². The highest BCUT2D eigenvalue weighted by atomic mass is 32.2. The topological polar surface area (TPSA) is 63.2 Å². The largest absolute Gasteiger partial charge is 0.280 e. The standard InChI is InChI=1S/C15H15NO3S2/c1-20(17)15-9-5-8-14(12-15)16-21(18,19)11-10-13-6-3-2-4-7-13/h2-12,16H,1H3. The lowest BCUT2D eigenvalue weighted by Gasteiger charge is -2.05. The van der Waals surface area contributed by atoms with E-state index in [1.807, 2.05) is 30.3 Å². The summed E-state index contributed by atoms with van der Waals surface area (Å²) in [7, 11) is -4.76. The maximum Gasteiger partial charge on any atom is 0.255 e. The number of sulfonamides is 1. The zero-order chi connectivity index (χ0) is 15.3. The van der Waals surface area contributed by atoms with Gasteiger partial charge in [0.2, 0.25) is 0 Å². The highest BCUT2D eigenvalue weighted by Crippen LogP contribution is 2.15.